The van der Waals surface area contributed by atoms with Gasteiger partial charge in [-0.2, -0.15) is 0 Å². The summed E-state index contributed by atoms with van der Waals surface area (Å²) in [6, 6.07) is 14.5. The molecule has 0 aliphatic carbocycles. The van der Waals surface area contributed by atoms with Crippen LogP contribution in [0.4, 0.5) is 0 Å². The molecule has 1 atom stereocenters. The second-order valence-electron chi connectivity index (χ2n) is 4.65. The monoisotopic (exact) mass is 337 g/mol. The van der Waals surface area contributed by atoms with Crippen molar-refractivity contribution in [1.29, 1.82) is 0 Å². The lowest BCUT2D eigenvalue weighted by molar-refractivity contribution is 0.721. The lowest BCUT2D eigenvalue weighted by Crippen LogP contribution is -2.13. The van der Waals surface area contributed by atoms with Gasteiger partial charge in [-0.1, -0.05) is 48.9 Å². The minimum atomic E-state index is -0.0296. The molecular formula is C16H17BrClN. The first-order valence-corrected chi connectivity index (χ1v) is 7.55. The Hall–Kier alpha value is -0.830. The van der Waals surface area contributed by atoms with Gasteiger partial charge in [-0.3, -0.25) is 0 Å². The molecule has 2 N–H and O–H groups in total. The summed E-state index contributed by atoms with van der Waals surface area (Å²) in [5.41, 5.74) is 9.91. The first kappa shape index (κ1) is 14.6. The Bertz CT molecular complexity index is 551. The van der Waals surface area contributed by atoms with Crippen molar-refractivity contribution in [3.05, 3.63) is 68.7 Å². The van der Waals surface area contributed by atoms with Crippen molar-refractivity contribution in [2.45, 2.75) is 25.8 Å². The molecule has 0 aromatic heterocycles. The van der Waals surface area contributed by atoms with E-state index >= 15 is 0 Å². The molecular weight excluding hydrogens is 322 g/mol. The summed E-state index contributed by atoms with van der Waals surface area (Å²) in [7, 11) is 0. The van der Waals surface area contributed by atoms with Gasteiger partial charge in [0.15, 0.2) is 0 Å². The smallest absolute Gasteiger partial charge is 0.0551 e. The van der Waals surface area contributed by atoms with Crippen LogP contribution in [0.5, 0.6) is 0 Å². The second-order valence-corrected chi connectivity index (χ2v) is 5.92. The third-order valence-corrected chi connectivity index (χ3v) is 4.49. The summed E-state index contributed by atoms with van der Waals surface area (Å²) in [5.74, 6) is 0. The van der Waals surface area contributed by atoms with Crippen molar-refractivity contribution in [2.24, 2.45) is 5.73 Å². The highest BCUT2D eigenvalue weighted by atomic mass is 79.9. The highest BCUT2D eigenvalue weighted by Crippen LogP contribution is 2.26. The number of aryl methyl sites for hydroxylation is 1. The molecule has 0 amide bonds. The van der Waals surface area contributed by atoms with Gasteiger partial charge >= 0.3 is 0 Å². The molecule has 2 aromatic carbocycles. The van der Waals surface area contributed by atoms with Crippen LogP contribution in [0, 0.1) is 0 Å². The molecule has 1 unspecified atom stereocenters. The maximum absolute atomic E-state index is 6.24. The van der Waals surface area contributed by atoms with Crippen LogP contribution < -0.4 is 5.73 Å². The highest BCUT2D eigenvalue weighted by molar-refractivity contribution is 9.10. The Kier molecular flexibility index (Phi) is 5.03. The Labute approximate surface area is 127 Å². The topological polar surface area (TPSA) is 26.0 Å². The fourth-order valence-corrected chi connectivity index (χ4v) is 2.46. The van der Waals surface area contributed by atoms with Crippen LogP contribution in [-0.2, 0) is 12.8 Å². The molecule has 19 heavy (non-hydrogen) atoms. The van der Waals surface area contributed by atoms with Crippen molar-refractivity contribution in [3.63, 3.8) is 0 Å². The highest BCUT2D eigenvalue weighted by Gasteiger charge is 2.09. The lowest BCUT2D eigenvalue weighted by atomic mass is 9.99. The molecule has 100 valence electrons. The van der Waals surface area contributed by atoms with Crippen molar-refractivity contribution < 1.29 is 0 Å². The fourth-order valence-electron chi connectivity index (χ4n) is 2.03. The number of hydrogen-bond donors (Lipinski definition) is 1. The van der Waals surface area contributed by atoms with Crippen LogP contribution in [0.25, 0.3) is 0 Å². The van der Waals surface area contributed by atoms with E-state index in [1.165, 1.54) is 11.1 Å². The van der Waals surface area contributed by atoms with E-state index in [1.807, 2.05) is 18.2 Å². The van der Waals surface area contributed by atoms with Crippen LogP contribution >= 0.6 is 27.5 Å². The molecule has 0 fully saturated rings. The van der Waals surface area contributed by atoms with Crippen molar-refractivity contribution in [2.75, 3.05) is 0 Å². The average molecular weight is 339 g/mol. The summed E-state index contributed by atoms with van der Waals surface area (Å²) in [6.07, 6.45) is 1.89. The quantitative estimate of drug-likeness (QED) is 0.842. The molecule has 0 radical (unpaired) electrons. The maximum atomic E-state index is 6.24. The summed E-state index contributed by atoms with van der Waals surface area (Å²) in [4.78, 5) is 0. The first-order valence-electron chi connectivity index (χ1n) is 6.38. The second kappa shape index (κ2) is 6.56. The zero-order valence-corrected chi connectivity index (χ0v) is 13.2. The Balaban J connectivity index is 2.10. The largest absolute Gasteiger partial charge is 0.324 e. The average Bonchev–Trinajstić information content (AvgIpc) is 2.42. The Morgan fingerprint density at radius 1 is 1.11 bits per heavy atom. The van der Waals surface area contributed by atoms with E-state index in [9.17, 15) is 0 Å². The van der Waals surface area contributed by atoms with Gasteiger partial charge in [0.05, 0.1) is 5.02 Å². The molecule has 2 aromatic rings. The van der Waals surface area contributed by atoms with E-state index in [-0.39, 0.29) is 6.04 Å². The van der Waals surface area contributed by atoms with Gasteiger partial charge in [0.2, 0.25) is 0 Å². The van der Waals surface area contributed by atoms with Gasteiger partial charge in [-0.15, -0.1) is 0 Å². The third kappa shape index (κ3) is 3.82. The van der Waals surface area contributed by atoms with E-state index in [2.05, 4.69) is 47.1 Å². The van der Waals surface area contributed by atoms with E-state index in [4.69, 9.17) is 17.3 Å². The van der Waals surface area contributed by atoms with E-state index in [1.54, 1.807) is 0 Å². The normalized spacial score (nSPS) is 12.4. The predicted octanol–water partition coefficient (Wildman–Crippen LogP) is 4.91. The van der Waals surface area contributed by atoms with Crippen LogP contribution in [0.3, 0.4) is 0 Å². The maximum Gasteiger partial charge on any atom is 0.0551 e. The lowest BCUT2D eigenvalue weighted by Gasteiger charge is -2.13. The molecule has 2 rings (SSSR count). The van der Waals surface area contributed by atoms with Crippen molar-refractivity contribution in [3.8, 4) is 0 Å². The van der Waals surface area contributed by atoms with Crippen LogP contribution in [0.15, 0.2) is 46.9 Å². The minimum Gasteiger partial charge on any atom is -0.324 e. The number of nitrogens with two attached hydrogens (primary N) is 1. The van der Waals surface area contributed by atoms with Gasteiger partial charge in [0.25, 0.3) is 0 Å². The molecule has 3 heteroatoms. The number of halogens is 2. The molecule has 0 aliphatic heterocycles. The van der Waals surface area contributed by atoms with Crippen LogP contribution in [0.1, 0.15) is 29.7 Å². The number of benzene rings is 2. The number of rotatable bonds is 4. The molecule has 0 bridgehead atoms. The molecule has 0 saturated heterocycles. The van der Waals surface area contributed by atoms with E-state index < -0.39 is 0 Å². The number of hydrogen-bond acceptors (Lipinski definition) is 1. The van der Waals surface area contributed by atoms with Crippen molar-refractivity contribution in [1.82, 2.24) is 0 Å². The van der Waals surface area contributed by atoms with Crippen LogP contribution in [-0.4, -0.2) is 0 Å². The fraction of sp³-hybridized carbons (Fsp3) is 0.250. The van der Waals surface area contributed by atoms with Gasteiger partial charge in [0.1, 0.15) is 0 Å². The molecule has 0 heterocycles. The van der Waals surface area contributed by atoms with Crippen molar-refractivity contribution >= 4 is 27.5 Å². The molecule has 0 spiro atoms. The molecule has 0 aliphatic rings. The molecule has 0 saturated carbocycles. The summed E-state index contributed by atoms with van der Waals surface area (Å²) in [5, 5.41) is 0.703. The Morgan fingerprint density at radius 3 is 2.32 bits per heavy atom. The van der Waals surface area contributed by atoms with Gasteiger partial charge in [0, 0.05) is 10.5 Å². The zero-order chi connectivity index (χ0) is 13.8. The van der Waals surface area contributed by atoms with Gasteiger partial charge in [-0.05, 0) is 57.6 Å². The van der Waals surface area contributed by atoms with E-state index in [0.717, 1.165) is 22.9 Å². The minimum absolute atomic E-state index is 0.0296. The van der Waals surface area contributed by atoms with Crippen LogP contribution in [0.2, 0.25) is 5.02 Å². The van der Waals surface area contributed by atoms with Gasteiger partial charge in [-0.25, -0.2) is 0 Å². The molecule has 1 nitrogen and oxygen atoms in total. The Morgan fingerprint density at radius 2 is 1.74 bits per heavy atom. The summed E-state index contributed by atoms with van der Waals surface area (Å²) in [6.45, 7) is 2.16. The third-order valence-electron chi connectivity index (χ3n) is 3.26. The van der Waals surface area contributed by atoms with Gasteiger partial charge < -0.3 is 5.73 Å². The summed E-state index contributed by atoms with van der Waals surface area (Å²) < 4.78 is 0.900. The first-order chi connectivity index (χ1) is 9.10. The standard InChI is InChI=1S/C16H17BrClN/c1-2-11-3-5-12(6-4-11)9-16(19)13-7-8-14(17)15(18)10-13/h3-8,10,16H,2,9,19H2,1H3. The summed E-state index contributed by atoms with van der Waals surface area (Å²) >= 11 is 9.49. The van der Waals surface area contributed by atoms with E-state index in [0.29, 0.717) is 5.02 Å². The zero-order valence-electron chi connectivity index (χ0n) is 10.9. The SMILES string of the molecule is CCc1ccc(CC(N)c2ccc(Br)c(Cl)c2)cc1. The predicted molar refractivity (Wildman–Crippen MR) is 85.6 cm³/mol.